The number of aryl methyl sites for hydroxylation is 4. The van der Waals surface area contributed by atoms with Crippen LogP contribution in [0.2, 0.25) is 0 Å². The number of hydrogen-bond donors (Lipinski definition) is 4. The molecular weight excluding hydrogens is 953 g/mol. The van der Waals surface area contributed by atoms with Crippen LogP contribution in [0.25, 0.3) is 88.7 Å². The highest BCUT2D eigenvalue weighted by Crippen LogP contribution is 2.58. The second-order valence-electron chi connectivity index (χ2n) is 22.9. The van der Waals surface area contributed by atoms with Crippen molar-refractivity contribution in [1.82, 2.24) is 39.9 Å². The predicted octanol–water partition coefficient (Wildman–Crippen LogP) is 19.3. The van der Waals surface area contributed by atoms with Crippen molar-refractivity contribution in [2.75, 3.05) is 0 Å². The lowest BCUT2D eigenvalue weighted by Gasteiger charge is -2.37. The zero-order valence-corrected chi connectivity index (χ0v) is 48.9. The quantitative estimate of drug-likeness (QED) is 0.0870. The molecule has 8 heteroatoms. The van der Waals surface area contributed by atoms with Crippen molar-refractivity contribution in [1.29, 1.82) is 0 Å². The molecule has 6 aromatic rings. The Kier molecular flexibility index (Phi) is 13.8. The van der Waals surface area contributed by atoms with Gasteiger partial charge in [0.15, 0.2) is 0 Å². The Hall–Kier alpha value is -6.80. The molecule has 18 bridgehead atoms. The number of aromatic nitrogens is 8. The largest absolute Gasteiger partial charge is 0.355 e. The van der Waals surface area contributed by atoms with E-state index in [-0.39, 0.29) is 11.8 Å². The summed E-state index contributed by atoms with van der Waals surface area (Å²) in [7, 11) is 0. The van der Waals surface area contributed by atoms with E-state index in [2.05, 4.69) is 152 Å². The Morgan fingerprint density at radius 1 is 0.321 bits per heavy atom. The molecule has 0 aromatic carbocycles. The highest BCUT2D eigenvalue weighted by Gasteiger charge is 2.43. The second-order valence-corrected chi connectivity index (χ2v) is 22.9. The maximum Gasteiger partial charge on any atom is 0.0694 e. The Morgan fingerprint density at radius 3 is 0.923 bits per heavy atom. The number of H-pyrrole nitrogens is 4. The number of nitrogens with one attached hydrogen (secondary N) is 4. The standard InChI is InChI=1S/C70H82N8/c1-13-23-25-47-37(11)51-29-63-67-49-27-28-50(68(67)64(77-63)30-52-38(12)48(26-24-14-2)62(72-52)34-58-42(18-6)41(17-5)57(74-58)33-61(47)71-51)70-66-36-60-46(22-10)44(20-8)56(76-60)32-54-40(16-4)39(15-3)53(73-54)31-55-43(19-7)45(21-9)59(75-55)35-65(78-66)69(49)70/h29-36,49-50,74-75,77-78H,13-28H2,1-12H3. The lowest BCUT2D eigenvalue weighted by Crippen LogP contribution is -2.22. The molecule has 78 heavy (non-hydrogen) atoms. The third kappa shape index (κ3) is 8.19. The van der Waals surface area contributed by atoms with Gasteiger partial charge in [0.2, 0.25) is 0 Å². The van der Waals surface area contributed by atoms with Gasteiger partial charge in [0.1, 0.15) is 0 Å². The van der Waals surface area contributed by atoms with Crippen molar-refractivity contribution in [3.05, 3.63) is 139 Å². The smallest absolute Gasteiger partial charge is 0.0694 e. The highest BCUT2D eigenvalue weighted by molar-refractivity contribution is 5.99. The minimum absolute atomic E-state index is 0.154. The van der Waals surface area contributed by atoms with E-state index in [1.165, 1.54) is 133 Å². The van der Waals surface area contributed by atoms with E-state index < -0.39 is 0 Å². The molecule has 0 fully saturated rings. The van der Waals surface area contributed by atoms with E-state index in [0.717, 1.165) is 148 Å². The molecule has 7 aliphatic rings. The van der Waals surface area contributed by atoms with Crippen molar-refractivity contribution >= 4 is 88.7 Å². The molecule has 0 saturated heterocycles. The fraction of sp³-hybridized carbons (Fsp3) is 0.429. The SMILES string of the molecule is CCCCC1=C(C)c2cc3[nH]c(cc4nc(cc5[nH]c(cc1n2)c(CC)c5CC)C(CCCC)=C4C)c1c3C2CCC1c1c2c2cc3nc(cc4nc(cc5[nH]c(cc1[nH]2)c(CC)c5CC)C(CC)=C4CC)C(CC)=C3CC. The Balaban J connectivity index is 1.21. The minimum atomic E-state index is 0.154. The number of aromatic amines is 4. The van der Waals surface area contributed by atoms with Crippen LogP contribution in [0.1, 0.15) is 262 Å². The number of hydrogen-bond acceptors (Lipinski definition) is 4. The van der Waals surface area contributed by atoms with E-state index in [9.17, 15) is 0 Å². The zero-order chi connectivity index (χ0) is 54.3. The van der Waals surface area contributed by atoms with Crippen LogP contribution in [0.4, 0.5) is 0 Å². The molecule has 6 aromatic heterocycles. The molecule has 0 saturated carbocycles. The molecule has 4 aliphatic heterocycles. The van der Waals surface area contributed by atoms with E-state index >= 15 is 0 Å². The molecule has 13 rings (SSSR count). The van der Waals surface area contributed by atoms with Crippen LogP contribution < -0.4 is 0 Å². The Labute approximate surface area is 462 Å². The van der Waals surface area contributed by atoms with Gasteiger partial charge in [0, 0.05) is 56.0 Å². The van der Waals surface area contributed by atoms with Crippen molar-refractivity contribution in [3.63, 3.8) is 0 Å². The fourth-order valence-corrected chi connectivity index (χ4v) is 15.1. The van der Waals surface area contributed by atoms with Gasteiger partial charge >= 0.3 is 0 Å². The fourth-order valence-electron chi connectivity index (χ4n) is 15.1. The molecule has 10 heterocycles. The van der Waals surface area contributed by atoms with Crippen molar-refractivity contribution in [2.45, 2.75) is 198 Å². The van der Waals surface area contributed by atoms with Crippen LogP contribution in [0.5, 0.6) is 0 Å². The summed E-state index contributed by atoms with van der Waals surface area (Å²) in [5.74, 6) is 0.311. The molecule has 8 nitrogen and oxygen atoms in total. The Bertz CT molecular complexity index is 3960. The summed E-state index contributed by atoms with van der Waals surface area (Å²) >= 11 is 0. The topological polar surface area (TPSA) is 115 Å². The number of unbranched alkanes of at least 4 members (excludes halogenated alkanes) is 2. The summed E-state index contributed by atoms with van der Waals surface area (Å²) < 4.78 is 0. The summed E-state index contributed by atoms with van der Waals surface area (Å²) in [4.78, 5) is 38.8. The van der Waals surface area contributed by atoms with E-state index in [4.69, 9.17) is 19.9 Å². The molecule has 402 valence electrons. The number of fused-ring (bicyclic) bond motifs is 17. The van der Waals surface area contributed by atoms with E-state index in [1.54, 1.807) is 0 Å². The van der Waals surface area contributed by atoms with Crippen LogP contribution in [-0.2, 0) is 25.7 Å². The molecular formula is C70H82N8. The van der Waals surface area contributed by atoms with Gasteiger partial charge in [-0.3, -0.25) is 0 Å². The molecule has 2 unspecified atom stereocenters. The first kappa shape index (κ1) is 51.9. The summed E-state index contributed by atoms with van der Waals surface area (Å²) in [6.45, 7) is 27.6. The lowest BCUT2D eigenvalue weighted by atomic mass is 9.64. The van der Waals surface area contributed by atoms with Gasteiger partial charge < -0.3 is 19.9 Å². The first-order valence-corrected chi connectivity index (χ1v) is 30.5. The van der Waals surface area contributed by atoms with Gasteiger partial charge in [-0.25, -0.2) is 19.9 Å². The van der Waals surface area contributed by atoms with Gasteiger partial charge in [-0.1, -0.05) is 82.1 Å². The van der Waals surface area contributed by atoms with Gasteiger partial charge in [-0.15, -0.1) is 0 Å². The van der Waals surface area contributed by atoms with Crippen LogP contribution in [0, 0.1) is 0 Å². The van der Waals surface area contributed by atoms with Gasteiger partial charge in [0.05, 0.1) is 45.6 Å². The number of allylic oxidation sites excluding steroid dienone is 8. The number of nitrogens with zero attached hydrogens (tertiary/aromatic N) is 4. The first-order valence-electron chi connectivity index (χ1n) is 30.5. The molecule has 0 radical (unpaired) electrons. The maximum absolute atomic E-state index is 5.64. The highest BCUT2D eigenvalue weighted by atomic mass is 14.8. The molecule has 0 amide bonds. The second kappa shape index (κ2) is 20.8. The summed E-state index contributed by atoms with van der Waals surface area (Å²) in [5.41, 5.74) is 40.0. The van der Waals surface area contributed by atoms with Crippen molar-refractivity contribution < 1.29 is 0 Å². The van der Waals surface area contributed by atoms with Gasteiger partial charge in [0.25, 0.3) is 0 Å². The first-order chi connectivity index (χ1) is 38.0. The van der Waals surface area contributed by atoms with Gasteiger partial charge in [-0.2, -0.15) is 0 Å². The third-order valence-corrected chi connectivity index (χ3v) is 18.8. The Morgan fingerprint density at radius 2 is 0.590 bits per heavy atom. The third-order valence-electron chi connectivity index (χ3n) is 18.8. The normalized spacial score (nSPS) is 16.9. The van der Waals surface area contributed by atoms with Crippen molar-refractivity contribution in [2.24, 2.45) is 0 Å². The van der Waals surface area contributed by atoms with Crippen LogP contribution >= 0.6 is 0 Å². The van der Waals surface area contributed by atoms with E-state index in [1.807, 2.05) is 0 Å². The summed E-state index contributed by atoms with van der Waals surface area (Å²) in [6.07, 6.45) is 16.1. The number of rotatable bonds is 14. The van der Waals surface area contributed by atoms with Crippen molar-refractivity contribution in [3.8, 4) is 0 Å². The van der Waals surface area contributed by atoms with E-state index in [0.29, 0.717) is 0 Å². The monoisotopic (exact) mass is 1030 g/mol. The van der Waals surface area contributed by atoms with Crippen LogP contribution in [-0.4, -0.2) is 39.9 Å². The molecule has 0 spiro atoms. The molecule has 4 N–H and O–H groups in total. The average molecular weight is 1040 g/mol. The molecule has 3 aliphatic carbocycles. The average Bonchev–Trinajstić information content (AvgIpc) is 4.17. The van der Waals surface area contributed by atoms with Gasteiger partial charge in [-0.05, 0) is 241 Å². The van der Waals surface area contributed by atoms with Crippen LogP contribution in [0.3, 0.4) is 0 Å². The predicted molar refractivity (Wildman–Crippen MR) is 331 cm³/mol. The minimum Gasteiger partial charge on any atom is -0.355 e. The summed E-state index contributed by atoms with van der Waals surface area (Å²) in [5, 5.41) is 0. The maximum atomic E-state index is 5.64. The molecule has 2 atom stereocenters. The lowest BCUT2D eigenvalue weighted by molar-refractivity contribution is 0.536. The van der Waals surface area contributed by atoms with Crippen LogP contribution in [0.15, 0.2) is 48.5 Å². The summed E-state index contributed by atoms with van der Waals surface area (Å²) in [6, 6.07) is 19.1. The zero-order valence-electron chi connectivity index (χ0n) is 48.9.